The van der Waals surface area contributed by atoms with Gasteiger partial charge in [0.15, 0.2) is 9.84 Å². The average Bonchev–Trinajstić information content (AvgIpc) is 2.33. The Balaban J connectivity index is 3.76. The highest BCUT2D eigenvalue weighted by Gasteiger charge is 2.10. The minimum Gasteiger partial charge on any atom is -0.432 e. The van der Waals surface area contributed by atoms with Crippen LogP contribution in [0.4, 0.5) is 4.79 Å². The monoisotopic (exact) mass is 279 g/mol. The van der Waals surface area contributed by atoms with Crippen LogP contribution in [0.25, 0.3) is 0 Å². The van der Waals surface area contributed by atoms with Crippen molar-refractivity contribution < 1.29 is 32.4 Å². The Morgan fingerprint density at radius 2 is 2.00 bits per heavy atom. The number of sulfone groups is 1. The number of nitrogens with one attached hydrogen (secondary N) is 1. The molecule has 1 amide bonds. The first kappa shape index (κ1) is 16.1. The summed E-state index contributed by atoms with van der Waals surface area (Å²) in [6.45, 7) is 2.65. The van der Waals surface area contributed by atoms with Crippen LogP contribution in [0.15, 0.2) is 12.0 Å². The number of carbonyl (C=O) groups is 3. The molecule has 0 saturated heterocycles. The van der Waals surface area contributed by atoms with Crippen molar-refractivity contribution in [3.8, 4) is 0 Å². The highest BCUT2D eigenvalue weighted by Crippen LogP contribution is 1.92. The van der Waals surface area contributed by atoms with Gasteiger partial charge in [-0.05, 0) is 0 Å². The lowest BCUT2D eigenvalue weighted by atomic mass is 10.3. The summed E-state index contributed by atoms with van der Waals surface area (Å²) in [4.78, 5) is 35.8. The zero-order chi connectivity index (χ0) is 14.0. The van der Waals surface area contributed by atoms with Gasteiger partial charge >= 0.3 is 6.16 Å². The van der Waals surface area contributed by atoms with Gasteiger partial charge in [-0.1, -0.05) is 6.58 Å². The number of rotatable bonds is 7. The van der Waals surface area contributed by atoms with E-state index >= 15 is 0 Å². The normalized spacial score (nSPS) is 10.2. The number of carbonyl (C=O) groups excluding carboxylic acids is 3. The molecule has 0 aliphatic heterocycles. The van der Waals surface area contributed by atoms with Crippen LogP contribution in [0, 0.1) is 0 Å². The number of ether oxygens (including phenoxy) is 1. The lowest BCUT2D eigenvalue weighted by Crippen LogP contribution is -2.28. The number of hydrogen-bond donors (Lipinski definition) is 1. The molecule has 1 N–H and O–H groups in total. The van der Waals surface area contributed by atoms with Crippen LogP contribution in [0.2, 0.25) is 0 Å². The van der Waals surface area contributed by atoms with Crippen molar-refractivity contribution in [1.82, 2.24) is 5.48 Å². The molecule has 0 atom stereocenters. The van der Waals surface area contributed by atoms with Crippen molar-refractivity contribution in [3.63, 3.8) is 0 Å². The van der Waals surface area contributed by atoms with Crippen LogP contribution < -0.4 is 5.48 Å². The summed E-state index contributed by atoms with van der Waals surface area (Å²) in [7, 11) is -3.45. The second-order valence-corrected chi connectivity index (χ2v) is 5.03. The van der Waals surface area contributed by atoms with Crippen molar-refractivity contribution in [3.05, 3.63) is 12.0 Å². The van der Waals surface area contributed by atoms with Gasteiger partial charge in [0.05, 0.1) is 5.75 Å². The van der Waals surface area contributed by atoms with E-state index < -0.39 is 34.3 Å². The fourth-order valence-corrected chi connectivity index (χ4v) is 1.18. The molecule has 102 valence electrons. The first-order valence-corrected chi connectivity index (χ1v) is 6.54. The van der Waals surface area contributed by atoms with E-state index in [1.54, 1.807) is 5.48 Å². The van der Waals surface area contributed by atoms with Crippen molar-refractivity contribution in [2.45, 2.75) is 12.8 Å². The van der Waals surface area contributed by atoms with Gasteiger partial charge in [-0.2, -0.15) is 5.48 Å². The molecule has 0 aliphatic carbocycles. The number of hydrogen-bond acceptors (Lipinski definition) is 7. The van der Waals surface area contributed by atoms with Crippen LogP contribution in [0.1, 0.15) is 12.8 Å². The molecule has 0 aliphatic rings. The SMILES string of the molecule is C=CS(=O)(=O)CCOC(=O)ONC(=O)CCC=O. The van der Waals surface area contributed by atoms with E-state index in [2.05, 4.69) is 16.2 Å². The summed E-state index contributed by atoms with van der Waals surface area (Å²) in [5.74, 6) is -1.09. The predicted octanol–water partition coefficient (Wildman–Crippen LogP) is -0.292. The minimum absolute atomic E-state index is 0.00180. The van der Waals surface area contributed by atoms with E-state index in [0.29, 0.717) is 6.29 Å². The first-order chi connectivity index (χ1) is 8.41. The summed E-state index contributed by atoms with van der Waals surface area (Å²) in [5, 5.41) is 0.739. The molecule has 0 aromatic rings. The maximum absolute atomic E-state index is 10.9. The van der Waals surface area contributed by atoms with Gasteiger partial charge in [-0.3, -0.25) is 4.79 Å². The average molecular weight is 279 g/mol. The van der Waals surface area contributed by atoms with Crippen LogP contribution in [0.3, 0.4) is 0 Å². The number of amides is 1. The standard InChI is InChI=1S/C9H13NO7S/c1-2-18(14,15)7-6-16-9(13)17-10-8(12)4-3-5-11/h2,5H,1,3-4,6-7H2,(H,10,12). The maximum atomic E-state index is 10.9. The Morgan fingerprint density at radius 1 is 1.33 bits per heavy atom. The second-order valence-electron chi connectivity index (χ2n) is 2.96. The van der Waals surface area contributed by atoms with Gasteiger partial charge in [0.25, 0.3) is 5.91 Å². The van der Waals surface area contributed by atoms with Crippen LogP contribution >= 0.6 is 0 Å². The molecule has 0 radical (unpaired) electrons. The lowest BCUT2D eigenvalue weighted by molar-refractivity contribution is -0.132. The molecule has 0 fully saturated rings. The smallest absolute Gasteiger partial charge is 0.432 e. The molecule has 0 spiro atoms. The van der Waals surface area contributed by atoms with Gasteiger partial charge < -0.3 is 14.4 Å². The summed E-state index contributed by atoms with van der Waals surface area (Å²) in [6.07, 6.45) is -0.824. The molecule has 0 rings (SSSR count). The van der Waals surface area contributed by atoms with Gasteiger partial charge in [0, 0.05) is 18.2 Å². The third-order valence-corrected chi connectivity index (χ3v) is 2.82. The first-order valence-electron chi connectivity index (χ1n) is 4.82. The maximum Gasteiger partial charge on any atom is 0.533 e. The Kier molecular flexibility index (Phi) is 7.36. The molecule has 0 saturated carbocycles. The van der Waals surface area contributed by atoms with Crippen LogP contribution in [-0.2, 0) is 29.0 Å². The summed E-state index contributed by atoms with van der Waals surface area (Å²) >= 11 is 0. The van der Waals surface area contributed by atoms with Crippen molar-refractivity contribution in [2.24, 2.45) is 0 Å². The zero-order valence-electron chi connectivity index (χ0n) is 9.46. The molecule has 0 heterocycles. The molecule has 0 aromatic carbocycles. The molecule has 0 unspecified atom stereocenters. The Morgan fingerprint density at radius 3 is 2.56 bits per heavy atom. The Bertz CT molecular complexity index is 415. The highest BCUT2D eigenvalue weighted by atomic mass is 32.2. The highest BCUT2D eigenvalue weighted by molar-refractivity contribution is 7.94. The van der Waals surface area contributed by atoms with E-state index in [1.807, 2.05) is 0 Å². The predicted molar refractivity (Wildman–Crippen MR) is 59.9 cm³/mol. The number of hydroxylamine groups is 1. The Hall–Kier alpha value is -1.90. The summed E-state index contributed by atoms with van der Waals surface area (Å²) in [5.41, 5.74) is 1.74. The third-order valence-electron chi connectivity index (χ3n) is 1.58. The second kappa shape index (κ2) is 8.23. The third kappa shape index (κ3) is 8.28. The van der Waals surface area contributed by atoms with E-state index in [4.69, 9.17) is 0 Å². The topological polar surface area (TPSA) is 116 Å². The molecule has 9 heteroatoms. The van der Waals surface area contributed by atoms with Crippen LogP contribution in [0.5, 0.6) is 0 Å². The summed E-state index contributed by atoms with van der Waals surface area (Å²) in [6, 6.07) is 0. The van der Waals surface area contributed by atoms with Crippen molar-refractivity contribution in [2.75, 3.05) is 12.4 Å². The molecule has 18 heavy (non-hydrogen) atoms. The fraction of sp³-hybridized carbons (Fsp3) is 0.444. The van der Waals surface area contributed by atoms with E-state index in [-0.39, 0.29) is 12.8 Å². The largest absolute Gasteiger partial charge is 0.533 e. The van der Waals surface area contributed by atoms with Crippen LogP contribution in [-0.4, -0.2) is 39.1 Å². The van der Waals surface area contributed by atoms with Gasteiger partial charge in [-0.25, -0.2) is 13.2 Å². The minimum atomic E-state index is -3.45. The summed E-state index contributed by atoms with van der Waals surface area (Å²) < 4.78 is 26.2. The van der Waals surface area contributed by atoms with E-state index in [9.17, 15) is 22.8 Å². The quantitative estimate of drug-likeness (QED) is 0.386. The van der Waals surface area contributed by atoms with Crippen molar-refractivity contribution in [1.29, 1.82) is 0 Å². The van der Waals surface area contributed by atoms with Gasteiger partial charge in [0.1, 0.15) is 12.9 Å². The molecular formula is C9H13NO7S. The van der Waals surface area contributed by atoms with E-state index in [1.165, 1.54) is 0 Å². The Labute approximate surface area is 104 Å². The molecule has 0 bridgehead atoms. The molecule has 8 nitrogen and oxygen atoms in total. The molecular weight excluding hydrogens is 266 g/mol. The lowest BCUT2D eigenvalue weighted by Gasteiger charge is -2.05. The van der Waals surface area contributed by atoms with Gasteiger partial charge in [0.2, 0.25) is 0 Å². The van der Waals surface area contributed by atoms with Gasteiger partial charge in [-0.15, -0.1) is 0 Å². The number of aldehydes is 1. The van der Waals surface area contributed by atoms with E-state index in [0.717, 1.165) is 5.41 Å². The zero-order valence-corrected chi connectivity index (χ0v) is 10.3. The fourth-order valence-electron chi connectivity index (χ4n) is 0.694. The van der Waals surface area contributed by atoms with Crippen molar-refractivity contribution >= 4 is 28.2 Å². The molecule has 0 aromatic heterocycles.